The van der Waals surface area contributed by atoms with E-state index in [-0.39, 0.29) is 12.2 Å². The Balaban J connectivity index is 1.73. The highest BCUT2D eigenvalue weighted by molar-refractivity contribution is 7.17. The van der Waals surface area contributed by atoms with Crippen molar-refractivity contribution in [3.05, 3.63) is 46.1 Å². The second-order valence-corrected chi connectivity index (χ2v) is 7.81. The molecule has 2 heterocycles. The smallest absolute Gasteiger partial charge is 0.341 e. The number of nitrogens with one attached hydrogen (secondary N) is 1. The van der Waals surface area contributed by atoms with E-state index in [2.05, 4.69) is 10.3 Å². The molecule has 0 bridgehead atoms. The standard InChI is InChI=1S/C21H24N2O5S/c1-2-27-21(26)18-15-9-5-3-4-6-10-16(15)29-19(18)23-17(24)13-28-20(25)14-8-7-11-22-12-14/h7-8,11-12H,2-6,9-10,13H2,1H3,(H,23,24). The normalized spacial score (nSPS) is 13.6. The van der Waals surface area contributed by atoms with Crippen LogP contribution in [0.4, 0.5) is 5.00 Å². The topological polar surface area (TPSA) is 94.6 Å². The summed E-state index contributed by atoms with van der Waals surface area (Å²) in [6.07, 6.45) is 8.96. The van der Waals surface area contributed by atoms with Crippen LogP contribution in [0.15, 0.2) is 24.5 Å². The highest BCUT2D eigenvalue weighted by Gasteiger charge is 2.26. The molecular weight excluding hydrogens is 392 g/mol. The minimum absolute atomic E-state index is 0.263. The van der Waals surface area contributed by atoms with Gasteiger partial charge >= 0.3 is 11.9 Å². The van der Waals surface area contributed by atoms with Crippen LogP contribution in [0.25, 0.3) is 0 Å². The number of aryl methyl sites for hydroxylation is 1. The van der Waals surface area contributed by atoms with Crippen LogP contribution in [0, 0.1) is 0 Å². The largest absolute Gasteiger partial charge is 0.462 e. The average molecular weight is 416 g/mol. The summed E-state index contributed by atoms with van der Waals surface area (Å²) in [4.78, 5) is 41.9. The predicted molar refractivity (Wildman–Crippen MR) is 109 cm³/mol. The lowest BCUT2D eigenvalue weighted by Crippen LogP contribution is -2.22. The molecule has 154 valence electrons. The van der Waals surface area contributed by atoms with Gasteiger partial charge in [-0.05, 0) is 50.3 Å². The van der Waals surface area contributed by atoms with Crippen molar-refractivity contribution >= 4 is 34.2 Å². The molecule has 0 atom stereocenters. The molecule has 0 radical (unpaired) electrons. The van der Waals surface area contributed by atoms with Gasteiger partial charge in [0.25, 0.3) is 5.91 Å². The van der Waals surface area contributed by atoms with Crippen LogP contribution in [-0.2, 0) is 27.1 Å². The van der Waals surface area contributed by atoms with Crippen molar-refractivity contribution in [3.63, 3.8) is 0 Å². The minimum atomic E-state index is -0.627. The first-order valence-electron chi connectivity index (χ1n) is 9.78. The second-order valence-electron chi connectivity index (χ2n) is 6.71. The lowest BCUT2D eigenvalue weighted by Gasteiger charge is -2.11. The molecule has 0 aromatic carbocycles. The van der Waals surface area contributed by atoms with Gasteiger partial charge in [-0.2, -0.15) is 0 Å². The summed E-state index contributed by atoms with van der Waals surface area (Å²) in [5.74, 6) is -1.55. The number of amides is 1. The molecule has 29 heavy (non-hydrogen) atoms. The molecule has 1 N–H and O–H groups in total. The maximum atomic E-state index is 12.6. The summed E-state index contributed by atoms with van der Waals surface area (Å²) in [6, 6.07) is 3.18. The van der Waals surface area contributed by atoms with E-state index in [0.717, 1.165) is 49.0 Å². The van der Waals surface area contributed by atoms with Gasteiger partial charge in [0, 0.05) is 17.3 Å². The first kappa shape index (κ1) is 21.0. The monoisotopic (exact) mass is 416 g/mol. The molecule has 3 rings (SSSR count). The molecule has 1 aliphatic rings. The molecule has 0 unspecified atom stereocenters. The zero-order valence-corrected chi connectivity index (χ0v) is 17.2. The van der Waals surface area contributed by atoms with Crippen molar-refractivity contribution < 1.29 is 23.9 Å². The Labute approximate surface area is 173 Å². The Morgan fingerprint density at radius 2 is 1.90 bits per heavy atom. The molecule has 0 fully saturated rings. The zero-order valence-electron chi connectivity index (χ0n) is 16.4. The average Bonchev–Trinajstić information content (AvgIpc) is 3.03. The molecule has 1 aliphatic carbocycles. The Hall–Kier alpha value is -2.74. The summed E-state index contributed by atoms with van der Waals surface area (Å²) in [6.45, 7) is 1.57. The second kappa shape index (κ2) is 10.2. The number of fused-ring (bicyclic) bond motifs is 1. The highest BCUT2D eigenvalue weighted by atomic mass is 32.1. The number of carbonyl (C=O) groups excluding carboxylic acids is 3. The summed E-state index contributed by atoms with van der Waals surface area (Å²) in [7, 11) is 0. The molecule has 0 spiro atoms. The maximum absolute atomic E-state index is 12.6. The number of aromatic nitrogens is 1. The van der Waals surface area contributed by atoms with Crippen LogP contribution in [0.3, 0.4) is 0 Å². The molecule has 7 nitrogen and oxygen atoms in total. The quantitative estimate of drug-likeness (QED) is 0.720. The molecule has 0 saturated heterocycles. The van der Waals surface area contributed by atoms with E-state index in [9.17, 15) is 14.4 Å². The van der Waals surface area contributed by atoms with Crippen molar-refractivity contribution in [1.82, 2.24) is 4.98 Å². The SMILES string of the molecule is CCOC(=O)c1c(NC(=O)COC(=O)c2cccnc2)sc2c1CCCCCC2. The molecule has 0 aliphatic heterocycles. The summed E-state index contributed by atoms with van der Waals surface area (Å²) in [5, 5.41) is 3.21. The third-order valence-electron chi connectivity index (χ3n) is 4.64. The van der Waals surface area contributed by atoms with E-state index < -0.39 is 24.5 Å². The number of nitrogens with zero attached hydrogens (tertiary/aromatic N) is 1. The molecule has 2 aromatic heterocycles. The Morgan fingerprint density at radius 3 is 2.62 bits per heavy atom. The highest BCUT2D eigenvalue weighted by Crippen LogP contribution is 2.37. The van der Waals surface area contributed by atoms with E-state index in [1.165, 1.54) is 17.5 Å². The Kier molecular flexibility index (Phi) is 7.35. The van der Waals surface area contributed by atoms with E-state index in [0.29, 0.717) is 10.6 Å². The lowest BCUT2D eigenvalue weighted by molar-refractivity contribution is -0.119. The van der Waals surface area contributed by atoms with E-state index in [1.807, 2.05) is 0 Å². The Bertz CT molecular complexity index is 879. The van der Waals surface area contributed by atoms with Crippen molar-refractivity contribution in [2.45, 2.75) is 45.4 Å². The minimum Gasteiger partial charge on any atom is -0.462 e. The number of hydrogen-bond acceptors (Lipinski definition) is 7. The molecule has 0 saturated carbocycles. The van der Waals surface area contributed by atoms with Crippen molar-refractivity contribution in [2.24, 2.45) is 0 Å². The van der Waals surface area contributed by atoms with Crippen LogP contribution < -0.4 is 5.32 Å². The molecule has 2 aromatic rings. The van der Waals surface area contributed by atoms with Gasteiger partial charge in [-0.15, -0.1) is 11.3 Å². The summed E-state index contributed by atoms with van der Waals surface area (Å²) in [5.41, 5.74) is 1.70. The fourth-order valence-corrected chi connectivity index (χ4v) is 4.58. The van der Waals surface area contributed by atoms with E-state index in [1.54, 1.807) is 25.3 Å². The number of thiophene rings is 1. The fourth-order valence-electron chi connectivity index (χ4n) is 3.29. The number of ether oxygens (including phenoxy) is 2. The van der Waals surface area contributed by atoms with Gasteiger partial charge in [-0.25, -0.2) is 9.59 Å². The van der Waals surface area contributed by atoms with E-state index in [4.69, 9.17) is 9.47 Å². The lowest BCUT2D eigenvalue weighted by atomic mass is 9.96. The molecular formula is C21H24N2O5S. The van der Waals surface area contributed by atoms with Crippen molar-refractivity contribution in [2.75, 3.05) is 18.5 Å². The van der Waals surface area contributed by atoms with Gasteiger partial charge in [0.1, 0.15) is 5.00 Å². The van der Waals surface area contributed by atoms with Crippen LogP contribution in [0.5, 0.6) is 0 Å². The number of pyridine rings is 1. The van der Waals surface area contributed by atoms with Gasteiger partial charge in [0.2, 0.25) is 0 Å². The van der Waals surface area contributed by atoms with Gasteiger partial charge in [-0.1, -0.05) is 12.8 Å². The number of hydrogen-bond donors (Lipinski definition) is 1. The zero-order chi connectivity index (χ0) is 20.6. The number of anilines is 1. The van der Waals surface area contributed by atoms with Crippen LogP contribution in [0.1, 0.15) is 63.8 Å². The van der Waals surface area contributed by atoms with Gasteiger partial charge in [0.15, 0.2) is 6.61 Å². The van der Waals surface area contributed by atoms with Crippen molar-refractivity contribution in [1.29, 1.82) is 0 Å². The first-order chi connectivity index (χ1) is 14.1. The third-order valence-corrected chi connectivity index (χ3v) is 5.84. The number of carbonyl (C=O) groups is 3. The number of esters is 2. The fraction of sp³-hybridized carbons (Fsp3) is 0.429. The van der Waals surface area contributed by atoms with Crippen LogP contribution in [-0.4, -0.2) is 36.0 Å². The Morgan fingerprint density at radius 1 is 1.10 bits per heavy atom. The van der Waals surface area contributed by atoms with Gasteiger partial charge < -0.3 is 14.8 Å². The first-order valence-corrected chi connectivity index (χ1v) is 10.6. The van der Waals surface area contributed by atoms with E-state index >= 15 is 0 Å². The van der Waals surface area contributed by atoms with Crippen LogP contribution >= 0.6 is 11.3 Å². The maximum Gasteiger partial charge on any atom is 0.341 e. The molecule has 8 heteroatoms. The van der Waals surface area contributed by atoms with Gasteiger partial charge in [-0.3, -0.25) is 9.78 Å². The molecule has 1 amide bonds. The third kappa shape index (κ3) is 5.41. The van der Waals surface area contributed by atoms with Crippen molar-refractivity contribution in [3.8, 4) is 0 Å². The predicted octanol–water partition coefficient (Wildman–Crippen LogP) is 3.77. The van der Waals surface area contributed by atoms with Gasteiger partial charge in [0.05, 0.1) is 17.7 Å². The summed E-state index contributed by atoms with van der Waals surface area (Å²) < 4.78 is 10.3. The summed E-state index contributed by atoms with van der Waals surface area (Å²) >= 11 is 1.41. The van der Waals surface area contributed by atoms with Crippen LogP contribution in [0.2, 0.25) is 0 Å². The number of rotatable bonds is 6.